The number of aromatic amines is 1. The van der Waals surface area contributed by atoms with Gasteiger partial charge in [-0.1, -0.05) is 12.1 Å². The zero-order valence-electron chi connectivity index (χ0n) is 22.0. The van der Waals surface area contributed by atoms with Crippen molar-refractivity contribution in [1.82, 2.24) is 9.88 Å². The number of hydrogen-bond donors (Lipinski definition) is 1. The number of anilines is 1. The highest BCUT2D eigenvalue weighted by atomic mass is 19.1. The van der Waals surface area contributed by atoms with Crippen molar-refractivity contribution in [1.29, 1.82) is 0 Å². The first-order valence-corrected chi connectivity index (χ1v) is 13.3. The molecule has 2 fully saturated rings. The zero-order valence-corrected chi connectivity index (χ0v) is 22.0. The summed E-state index contributed by atoms with van der Waals surface area (Å²) in [6.07, 6.45) is 5.47. The van der Waals surface area contributed by atoms with Crippen LogP contribution in [0.25, 0.3) is 11.1 Å². The maximum atomic E-state index is 13.6. The van der Waals surface area contributed by atoms with Crippen LogP contribution in [0.15, 0.2) is 59.7 Å². The van der Waals surface area contributed by atoms with E-state index >= 15 is 0 Å². The third kappa shape index (κ3) is 5.31. The number of ether oxygens (including phenoxy) is 2. The summed E-state index contributed by atoms with van der Waals surface area (Å²) >= 11 is 0. The molecule has 0 atom stereocenters. The number of carbonyl (C=O) groups excluding carboxylic acids is 1. The van der Waals surface area contributed by atoms with Gasteiger partial charge in [-0.3, -0.25) is 14.5 Å². The van der Waals surface area contributed by atoms with Crippen molar-refractivity contribution in [3.63, 3.8) is 0 Å². The van der Waals surface area contributed by atoms with Crippen LogP contribution in [0.1, 0.15) is 38.7 Å². The minimum atomic E-state index is -0.285. The van der Waals surface area contributed by atoms with Gasteiger partial charge in [-0.15, -0.1) is 0 Å². The quantitative estimate of drug-likeness (QED) is 0.454. The van der Waals surface area contributed by atoms with E-state index in [-0.39, 0.29) is 22.6 Å². The van der Waals surface area contributed by atoms with E-state index in [1.165, 1.54) is 18.2 Å². The molecule has 2 aromatic carbocycles. The van der Waals surface area contributed by atoms with E-state index in [1.54, 1.807) is 29.4 Å². The number of carbonyl (C=O) groups is 1. The Morgan fingerprint density at radius 3 is 2.24 bits per heavy atom. The Morgan fingerprint density at radius 1 is 0.974 bits per heavy atom. The van der Waals surface area contributed by atoms with Crippen molar-refractivity contribution in [3.05, 3.63) is 76.5 Å². The lowest BCUT2D eigenvalue weighted by molar-refractivity contribution is -0.118. The van der Waals surface area contributed by atoms with Crippen LogP contribution >= 0.6 is 0 Å². The number of pyridine rings is 1. The monoisotopic (exact) mass is 519 g/mol. The number of hydrogen-bond acceptors (Lipinski definition) is 5. The van der Waals surface area contributed by atoms with Gasteiger partial charge in [0.15, 0.2) is 0 Å². The SMILES string of the molecule is CCOc1cc(CN2CCC3(CC2)CC(=O)N(c2c[nH]ccc2=O)C3)cc(OCC)c1-c1ccc(F)cc1. The average Bonchev–Trinajstić information content (AvgIpc) is 3.22. The fraction of sp³-hybridized carbons (Fsp3) is 0.400. The van der Waals surface area contributed by atoms with E-state index in [0.29, 0.717) is 31.9 Å². The molecule has 2 aliphatic heterocycles. The molecule has 8 heteroatoms. The number of H-pyrrole nitrogens is 1. The molecular weight excluding hydrogens is 485 g/mol. The molecule has 0 unspecified atom stereocenters. The second kappa shape index (κ2) is 11.0. The third-order valence-corrected chi connectivity index (χ3v) is 7.60. The number of piperidine rings is 1. The topological polar surface area (TPSA) is 74.9 Å². The van der Waals surface area contributed by atoms with E-state index in [0.717, 1.165) is 60.7 Å². The maximum Gasteiger partial charge on any atom is 0.227 e. The molecule has 1 amide bonds. The Balaban J connectivity index is 1.32. The van der Waals surface area contributed by atoms with Gasteiger partial charge >= 0.3 is 0 Å². The number of halogens is 1. The zero-order chi connectivity index (χ0) is 26.7. The van der Waals surface area contributed by atoms with Gasteiger partial charge in [0.2, 0.25) is 11.3 Å². The fourth-order valence-corrected chi connectivity index (χ4v) is 5.69. The standard InChI is InChI=1S/C30H34FN3O4/c1-3-37-26-15-21(16-27(38-4-2)29(26)22-5-7-23(31)8-6-22)19-33-13-10-30(11-14-33)17-28(36)34(20-30)24-18-32-12-9-25(24)35/h5-9,12,15-16,18H,3-4,10-11,13-14,17,19-20H2,1-2H3,(H,32,35). The smallest absolute Gasteiger partial charge is 0.227 e. The minimum Gasteiger partial charge on any atom is -0.493 e. The second-order valence-corrected chi connectivity index (χ2v) is 10.2. The van der Waals surface area contributed by atoms with Gasteiger partial charge in [-0.05, 0) is 80.6 Å². The number of amides is 1. The first kappa shape index (κ1) is 26.0. The Labute approximate surface area is 222 Å². The lowest BCUT2D eigenvalue weighted by Gasteiger charge is -2.38. The molecule has 0 saturated carbocycles. The molecule has 2 saturated heterocycles. The molecule has 0 radical (unpaired) electrons. The lowest BCUT2D eigenvalue weighted by Crippen LogP contribution is -2.41. The van der Waals surface area contributed by atoms with E-state index in [9.17, 15) is 14.0 Å². The molecular formula is C30H34FN3O4. The number of rotatable bonds is 8. The molecule has 3 heterocycles. The highest BCUT2D eigenvalue weighted by Crippen LogP contribution is 2.43. The molecule has 38 heavy (non-hydrogen) atoms. The first-order chi connectivity index (χ1) is 18.4. The van der Waals surface area contributed by atoms with Gasteiger partial charge in [-0.2, -0.15) is 0 Å². The van der Waals surface area contributed by atoms with Crippen LogP contribution in [0.5, 0.6) is 11.5 Å². The first-order valence-electron chi connectivity index (χ1n) is 13.3. The Kier molecular flexibility index (Phi) is 7.51. The summed E-state index contributed by atoms with van der Waals surface area (Å²) < 4.78 is 25.6. The van der Waals surface area contributed by atoms with E-state index in [2.05, 4.69) is 22.0 Å². The summed E-state index contributed by atoms with van der Waals surface area (Å²) in [5.41, 5.74) is 2.96. The van der Waals surface area contributed by atoms with E-state index in [4.69, 9.17) is 9.47 Å². The van der Waals surface area contributed by atoms with Crippen molar-refractivity contribution >= 4 is 11.6 Å². The highest BCUT2D eigenvalue weighted by molar-refractivity contribution is 5.96. The van der Waals surface area contributed by atoms with Gasteiger partial charge in [0.05, 0.1) is 18.8 Å². The summed E-state index contributed by atoms with van der Waals surface area (Å²) in [7, 11) is 0. The van der Waals surface area contributed by atoms with Crippen LogP contribution in [0.4, 0.5) is 10.1 Å². The van der Waals surface area contributed by atoms with Crippen LogP contribution in [-0.4, -0.2) is 48.6 Å². The van der Waals surface area contributed by atoms with Gasteiger partial charge in [-0.25, -0.2) is 4.39 Å². The molecule has 2 aliphatic rings. The molecule has 7 nitrogen and oxygen atoms in total. The minimum absolute atomic E-state index is 0.0224. The number of aromatic nitrogens is 1. The molecule has 5 rings (SSSR count). The van der Waals surface area contributed by atoms with Crippen LogP contribution < -0.4 is 19.8 Å². The van der Waals surface area contributed by atoms with Crippen LogP contribution in [0.3, 0.4) is 0 Å². The molecule has 1 aromatic heterocycles. The summed E-state index contributed by atoms with van der Waals surface area (Å²) in [5.74, 6) is 1.18. The lowest BCUT2D eigenvalue weighted by atomic mass is 9.77. The molecule has 0 aliphatic carbocycles. The molecule has 1 N–H and O–H groups in total. The number of nitrogens with zero attached hydrogens (tertiary/aromatic N) is 2. The van der Waals surface area contributed by atoms with Crippen molar-refractivity contribution in [2.45, 2.75) is 39.7 Å². The van der Waals surface area contributed by atoms with Gasteiger partial charge in [0.25, 0.3) is 0 Å². The van der Waals surface area contributed by atoms with Crippen molar-refractivity contribution in [2.75, 3.05) is 37.7 Å². The van der Waals surface area contributed by atoms with Crippen LogP contribution in [0, 0.1) is 11.2 Å². The van der Waals surface area contributed by atoms with Crippen molar-refractivity contribution < 1.29 is 18.7 Å². The maximum absolute atomic E-state index is 13.6. The summed E-state index contributed by atoms with van der Waals surface area (Å²) in [4.78, 5) is 32.1. The Bertz CT molecular complexity index is 1320. The fourth-order valence-electron chi connectivity index (χ4n) is 5.69. The molecule has 200 valence electrons. The predicted molar refractivity (Wildman–Crippen MR) is 145 cm³/mol. The van der Waals surface area contributed by atoms with Crippen LogP contribution in [-0.2, 0) is 11.3 Å². The largest absolute Gasteiger partial charge is 0.493 e. The summed E-state index contributed by atoms with van der Waals surface area (Å²) in [6.45, 7) is 7.94. The van der Waals surface area contributed by atoms with E-state index < -0.39 is 0 Å². The molecule has 3 aromatic rings. The van der Waals surface area contributed by atoms with Gasteiger partial charge in [0.1, 0.15) is 23.0 Å². The summed E-state index contributed by atoms with van der Waals surface area (Å²) in [5, 5.41) is 0. The normalized spacial score (nSPS) is 17.2. The van der Waals surface area contributed by atoms with Crippen LogP contribution in [0.2, 0.25) is 0 Å². The second-order valence-electron chi connectivity index (χ2n) is 10.2. The molecule has 0 bridgehead atoms. The van der Waals surface area contributed by atoms with Crippen molar-refractivity contribution in [3.8, 4) is 22.6 Å². The van der Waals surface area contributed by atoms with Gasteiger partial charge < -0.3 is 19.4 Å². The Hall–Kier alpha value is -3.65. The average molecular weight is 520 g/mol. The van der Waals surface area contributed by atoms with Crippen molar-refractivity contribution in [2.24, 2.45) is 5.41 Å². The van der Waals surface area contributed by atoms with Gasteiger partial charge in [0, 0.05) is 38.0 Å². The molecule has 1 spiro atoms. The highest BCUT2D eigenvalue weighted by Gasteiger charge is 2.45. The van der Waals surface area contributed by atoms with E-state index in [1.807, 2.05) is 13.8 Å². The number of nitrogens with one attached hydrogen (secondary N) is 1. The number of benzene rings is 2. The third-order valence-electron chi connectivity index (χ3n) is 7.60. The predicted octanol–water partition coefficient (Wildman–Crippen LogP) is 5.00. The Morgan fingerprint density at radius 2 is 1.63 bits per heavy atom. The summed E-state index contributed by atoms with van der Waals surface area (Å²) in [6, 6.07) is 12.0. The number of likely N-dealkylation sites (tertiary alicyclic amines) is 1.